The van der Waals surface area contributed by atoms with Crippen LogP contribution in [0.4, 0.5) is 10.1 Å². The van der Waals surface area contributed by atoms with Crippen LogP contribution in [0.5, 0.6) is 0 Å². The minimum absolute atomic E-state index is 0.0312. The highest BCUT2D eigenvalue weighted by Gasteiger charge is 2.29. The summed E-state index contributed by atoms with van der Waals surface area (Å²) < 4.78 is 41.0. The number of halogens is 1. The van der Waals surface area contributed by atoms with Crippen molar-refractivity contribution in [2.75, 3.05) is 5.73 Å². The molecule has 0 aliphatic heterocycles. The van der Waals surface area contributed by atoms with Gasteiger partial charge in [-0.1, -0.05) is 13.8 Å². The second-order valence-electron chi connectivity index (χ2n) is 6.70. The van der Waals surface area contributed by atoms with Gasteiger partial charge in [0, 0.05) is 6.04 Å². The molecule has 4 nitrogen and oxygen atoms in total. The number of nitrogens with one attached hydrogen (secondary N) is 1. The zero-order valence-corrected chi connectivity index (χ0v) is 13.6. The monoisotopic (exact) mass is 314 g/mol. The average Bonchev–Trinajstić information content (AvgIpc) is 2.38. The molecule has 6 heteroatoms. The molecule has 0 heterocycles. The fourth-order valence-electron chi connectivity index (χ4n) is 2.72. The molecular weight excluding hydrogens is 291 g/mol. The highest BCUT2D eigenvalue weighted by atomic mass is 32.2. The summed E-state index contributed by atoms with van der Waals surface area (Å²) in [6.07, 6.45) is 3.62. The number of hydrogen-bond donors (Lipinski definition) is 2. The first-order chi connectivity index (χ1) is 9.61. The molecule has 118 valence electrons. The first-order valence-electron chi connectivity index (χ1n) is 7.19. The molecule has 21 heavy (non-hydrogen) atoms. The van der Waals surface area contributed by atoms with E-state index in [1.807, 2.05) is 0 Å². The van der Waals surface area contributed by atoms with Crippen LogP contribution in [0.15, 0.2) is 17.0 Å². The van der Waals surface area contributed by atoms with E-state index in [9.17, 15) is 12.8 Å². The quantitative estimate of drug-likeness (QED) is 0.843. The molecule has 0 unspecified atom stereocenters. The lowest BCUT2D eigenvalue weighted by Gasteiger charge is -2.34. The van der Waals surface area contributed by atoms with Crippen LogP contribution in [-0.2, 0) is 10.0 Å². The van der Waals surface area contributed by atoms with E-state index in [1.54, 1.807) is 0 Å². The van der Waals surface area contributed by atoms with Crippen molar-refractivity contribution < 1.29 is 12.8 Å². The number of rotatable bonds is 3. The Labute approximate surface area is 126 Å². The molecule has 0 aromatic heterocycles. The number of nitrogen functional groups attached to an aromatic ring is 1. The summed E-state index contributed by atoms with van der Waals surface area (Å²) in [6.45, 7) is 5.90. The average molecular weight is 314 g/mol. The Hall–Kier alpha value is -1.14. The molecule has 1 aromatic rings. The van der Waals surface area contributed by atoms with E-state index in [0.29, 0.717) is 0 Å². The summed E-state index contributed by atoms with van der Waals surface area (Å²) in [6, 6.07) is 2.44. The van der Waals surface area contributed by atoms with Gasteiger partial charge < -0.3 is 5.73 Å². The SMILES string of the molecule is Cc1cc(S(=O)(=O)NC2CCC(C)(C)CC2)cc(N)c1F. The number of hydrogen-bond acceptors (Lipinski definition) is 3. The number of benzene rings is 1. The van der Waals surface area contributed by atoms with Gasteiger partial charge in [0.25, 0.3) is 0 Å². The third-order valence-electron chi connectivity index (χ3n) is 4.23. The van der Waals surface area contributed by atoms with Crippen molar-refractivity contribution in [3.05, 3.63) is 23.5 Å². The summed E-state index contributed by atoms with van der Waals surface area (Å²) in [4.78, 5) is 0.0312. The van der Waals surface area contributed by atoms with Gasteiger partial charge >= 0.3 is 0 Å². The van der Waals surface area contributed by atoms with Crippen LogP contribution >= 0.6 is 0 Å². The van der Waals surface area contributed by atoms with Gasteiger partial charge in [0.1, 0.15) is 5.82 Å². The van der Waals surface area contributed by atoms with Gasteiger partial charge in [-0.25, -0.2) is 17.5 Å². The highest BCUT2D eigenvalue weighted by molar-refractivity contribution is 7.89. The van der Waals surface area contributed by atoms with Gasteiger partial charge in [-0.2, -0.15) is 0 Å². The van der Waals surface area contributed by atoms with E-state index in [-0.39, 0.29) is 27.6 Å². The van der Waals surface area contributed by atoms with Gasteiger partial charge in [0.2, 0.25) is 10.0 Å². The van der Waals surface area contributed by atoms with Crippen molar-refractivity contribution in [2.45, 2.75) is 57.4 Å². The second kappa shape index (κ2) is 5.57. The lowest BCUT2D eigenvalue weighted by Crippen LogP contribution is -2.39. The molecule has 1 aromatic carbocycles. The van der Waals surface area contributed by atoms with Gasteiger partial charge in [-0.15, -0.1) is 0 Å². The molecule has 2 rings (SSSR count). The highest BCUT2D eigenvalue weighted by Crippen LogP contribution is 2.35. The zero-order chi connectivity index (χ0) is 15.8. The number of nitrogens with two attached hydrogens (primary N) is 1. The lowest BCUT2D eigenvalue weighted by atomic mass is 9.76. The first kappa shape index (κ1) is 16.2. The molecule has 0 radical (unpaired) electrons. The Balaban J connectivity index is 2.16. The Kier molecular flexibility index (Phi) is 4.31. The van der Waals surface area contributed by atoms with Crippen molar-refractivity contribution in [3.63, 3.8) is 0 Å². The molecule has 1 aliphatic carbocycles. The summed E-state index contributed by atoms with van der Waals surface area (Å²) >= 11 is 0. The first-order valence-corrected chi connectivity index (χ1v) is 8.67. The molecule has 1 saturated carbocycles. The van der Waals surface area contributed by atoms with Gasteiger partial charge in [-0.3, -0.25) is 0 Å². The lowest BCUT2D eigenvalue weighted by molar-refractivity contribution is 0.218. The van der Waals surface area contributed by atoms with E-state index >= 15 is 0 Å². The van der Waals surface area contributed by atoms with Gasteiger partial charge in [-0.05, 0) is 55.7 Å². The predicted octanol–water partition coefficient (Wildman–Crippen LogP) is 2.96. The van der Waals surface area contributed by atoms with Crippen LogP contribution in [-0.4, -0.2) is 14.5 Å². The van der Waals surface area contributed by atoms with E-state index in [2.05, 4.69) is 18.6 Å². The third-order valence-corrected chi connectivity index (χ3v) is 5.73. The minimum Gasteiger partial charge on any atom is -0.396 e. The predicted molar refractivity (Wildman–Crippen MR) is 81.9 cm³/mol. The van der Waals surface area contributed by atoms with Crippen molar-refractivity contribution >= 4 is 15.7 Å². The number of sulfonamides is 1. The molecule has 0 spiro atoms. The second-order valence-corrected chi connectivity index (χ2v) is 8.42. The van der Waals surface area contributed by atoms with Crippen molar-refractivity contribution in [1.82, 2.24) is 4.72 Å². The molecule has 0 saturated heterocycles. The van der Waals surface area contributed by atoms with Crippen LogP contribution in [0.3, 0.4) is 0 Å². The fourth-order valence-corrected chi connectivity index (χ4v) is 4.15. The maximum Gasteiger partial charge on any atom is 0.240 e. The van der Waals surface area contributed by atoms with E-state index in [1.165, 1.54) is 19.1 Å². The number of anilines is 1. The zero-order valence-electron chi connectivity index (χ0n) is 12.7. The maximum atomic E-state index is 13.5. The Morgan fingerprint density at radius 3 is 2.38 bits per heavy atom. The number of aryl methyl sites for hydroxylation is 1. The normalized spacial score (nSPS) is 19.6. The standard InChI is InChI=1S/C15H23FN2O2S/c1-10-8-12(9-13(17)14(10)16)21(19,20)18-11-4-6-15(2,3)7-5-11/h8-9,11,18H,4-7,17H2,1-3H3. The molecular formula is C15H23FN2O2S. The topological polar surface area (TPSA) is 72.2 Å². The largest absolute Gasteiger partial charge is 0.396 e. The Morgan fingerprint density at radius 2 is 1.86 bits per heavy atom. The third kappa shape index (κ3) is 3.74. The molecule has 0 amide bonds. The van der Waals surface area contributed by atoms with Gasteiger partial charge in [0.15, 0.2) is 0 Å². The fraction of sp³-hybridized carbons (Fsp3) is 0.600. The van der Waals surface area contributed by atoms with Crippen molar-refractivity contribution in [2.24, 2.45) is 5.41 Å². The minimum atomic E-state index is -3.66. The molecule has 0 atom stereocenters. The summed E-state index contributed by atoms with van der Waals surface area (Å²) in [5, 5.41) is 0. The van der Waals surface area contributed by atoms with Gasteiger partial charge in [0.05, 0.1) is 10.6 Å². The molecule has 1 fully saturated rings. The summed E-state index contributed by atoms with van der Waals surface area (Å²) in [5.41, 5.74) is 5.89. The Bertz CT molecular complexity index is 608. The maximum absolute atomic E-state index is 13.5. The van der Waals surface area contributed by atoms with Crippen LogP contribution < -0.4 is 10.5 Å². The Morgan fingerprint density at radius 1 is 1.29 bits per heavy atom. The smallest absolute Gasteiger partial charge is 0.240 e. The molecule has 1 aliphatic rings. The van der Waals surface area contributed by atoms with Crippen LogP contribution in [0.1, 0.15) is 45.1 Å². The molecule has 3 N–H and O–H groups in total. The van der Waals surface area contributed by atoms with E-state index in [0.717, 1.165) is 25.7 Å². The van der Waals surface area contributed by atoms with E-state index in [4.69, 9.17) is 5.73 Å². The summed E-state index contributed by atoms with van der Waals surface area (Å²) in [5.74, 6) is -0.562. The van der Waals surface area contributed by atoms with Crippen LogP contribution in [0.2, 0.25) is 0 Å². The van der Waals surface area contributed by atoms with Crippen LogP contribution in [0.25, 0.3) is 0 Å². The van der Waals surface area contributed by atoms with Crippen molar-refractivity contribution in [1.29, 1.82) is 0 Å². The summed E-state index contributed by atoms with van der Waals surface area (Å²) in [7, 11) is -3.66. The van der Waals surface area contributed by atoms with Crippen LogP contribution in [0, 0.1) is 18.2 Å². The van der Waals surface area contributed by atoms with Crippen molar-refractivity contribution in [3.8, 4) is 0 Å². The van der Waals surface area contributed by atoms with E-state index < -0.39 is 15.8 Å². The molecule has 0 bridgehead atoms.